The highest BCUT2D eigenvalue weighted by Gasteiger charge is 2.07. The van der Waals surface area contributed by atoms with E-state index in [0.29, 0.717) is 0 Å². The molecule has 106 valence electrons. The molecule has 0 amide bonds. The number of nitrogens with zero attached hydrogens (tertiary/aromatic N) is 1. The van der Waals surface area contributed by atoms with Gasteiger partial charge in [0.2, 0.25) is 0 Å². The van der Waals surface area contributed by atoms with Crippen molar-refractivity contribution in [2.75, 3.05) is 5.32 Å². The maximum absolute atomic E-state index is 4.17. The molecule has 3 aromatic rings. The molecule has 1 heterocycles. The highest BCUT2D eigenvalue weighted by molar-refractivity contribution is 9.11. The van der Waals surface area contributed by atoms with Crippen molar-refractivity contribution < 1.29 is 0 Å². The summed E-state index contributed by atoms with van der Waals surface area (Å²) in [7, 11) is 0. The lowest BCUT2D eigenvalue weighted by Gasteiger charge is -2.13. The molecule has 0 saturated carbocycles. The first-order valence-corrected chi connectivity index (χ1v) is 8.25. The number of aromatic nitrogens is 1. The Kier molecular flexibility index (Phi) is 4.27. The van der Waals surface area contributed by atoms with Crippen molar-refractivity contribution in [1.82, 2.24) is 4.98 Å². The van der Waals surface area contributed by atoms with Gasteiger partial charge in [-0.2, -0.15) is 0 Å². The molecule has 0 fully saturated rings. The minimum absolute atomic E-state index is 0.765. The van der Waals surface area contributed by atoms with E-state index in [1.54, 1.807) is 0 Å². The summed E-state index contributed by atoms with van der Waals surface area (Å²) in [5, 5.41) is 5.90. The van der Waals surface area contributed by atoms with Gasteiger partial charge in [0.15, 0.2) is 0 Å². The fourth-order valence-corrected chi connectivity index (χ4v) is 4.09. The van der Waals surface area contributed by atoms with Crippen molar-refractivity contribution >= 4 is 48.3 Å². The van der Waals surface area contributed by atoms with Gasteiger partial charge in [0.05, 0.1) is 5.69 Å². The number of pyridine rings is 1. The van der Waals surface area contributed by atoms with Crippen molar-refractivity contribution in [3.05, 3.63) is 68.9 Å². The van der Waals surface area contributed by atoms with Crippen LogP contribution in [-0.2, 0) is 6.54 Å². The summed E-state index contributed by atoms with van der Waals surface area (Å²) in [5.74, 6) is 0. The third-order valence-corrected chi connectivity index (χ3v) is 4.66. The van der Waals surface area contributed by atoms with Crippen LogP contribution >= 0.6 is 31.9 Å². The van der Waals surface area contributed by atoms with Crippen molar-refractivity contribution in [3.8, 4) is 0 Å². The van der Waals surface area contributed by atoms with Crippen molar-refractivity contribution in [3.63, 3.8) is 0 Å². The van der Waals surface area contributed by atoms with E-state index in [0.717, 1.165) is 21.2 Å². The standard InChI is InChI=1S/C17H14Br2N2/c1-11-7-15(18)17(16(19)8-11)21-10-13-4-2-3-12-9-20-6-5-14(12)13/h2-9,21H,10H2,1H3. The monoisotopic (exact) mass is 404 g/mol. The molecule has 0 spiro atoms. The van der Waals surface area contributed by atoms with Gasteiger partial charge in [-0.25, -0.2) is 0 Å². The fraction of sp³-hybridized carbons (Fsp3) is 0.118. The fourth-order valence-electron chi connectivity index (χ4n) is 2.40. The Morgan fingerprint density at radius 3 is 2.62 bits per heavy atom. The molecule has 0 aliphatic rings. The second kappa shape index (κ2) is 6.16. The Morgan fingerprint density at radius 1 is 1.10 bits per heavy atom. The lowest BCUT2D eigenvalue weighted by Crippen LogP contribution is -2.02. The van der Waals surface area contributed by atoms with E-state index in [2.05, 4.69) is 85.5 Å². The van der Waals surface area contributed by atoms with Gasteiger partial charge in [0.1, 0.15) is 0 Å². The Labute approximate surface area is 140 Å². The van der Waals surface area contributed by atoms with E-state index < -0.39 is 0 Å². The number of rotatable bonds is 3. The Bertz CT molecular complexity index is 771. The molecule has 2 aromatic carbocycles. The highest BCUT2D eigenvalue weighted by atomic mass is 79.9. The van der Waals surface area contributed by atoms with Crippen LogP contribution in [0.3, 0.4) is 0 Å². The Balaban J connectivity index is 1.91. The van der Waals surface area contributed by atoms with Crippen LogP contribution in [-0.4, -0.2) is 4.98 Å². The molecule has 0 aliphatic carbocycles. The molecule has 0 bridgehead atoms. The summed E-state index contributed by atoms with van der Waals surface area (Å²) in [6.07, 6.45) is 3.74. The van der Waals surface area contributed by atoms with Crippen molar-refractivity contribution in [2.24, 2.45) is 0 Å². The van der Waals surface area contributed by atoms with Crippen LogP contribution in [0.15, 0.2) is 57.7 Å². The lowest BCUT2D eigenvalue weighted by atomic mass is 10.1. The quantitative estimate of drug-likeness (QED) is 0.606. The first kappa shape index (κ1) is 14.5. The molecule has 1 aromatic heterocycles. The van der Waals surface area contributed by atoms with Gasteiger partial charge < -0.3 is 5.32 Å². The molecular weight excluding hydrogens is 392 g/mol. The van der Waals surface area contributed by atoms with E-state index in [-0.39, 0.29) is 0 Å². The van der Waals surface area contributed by atoms with Crippen LogP contribution in [0.2, 0.25) is 0 Å². The van der Waals surface area contributed by atoms with E-state index in [9.17, 15) is 0 Å². The first-order valence-electron chi connectivity index (χ1n) is 6.66. The summed E-state index contributed by atoms with van der Waals surface area (Å²) >= 11 is 7.24. The third-order valence-electron chi connectivity index (χ3n) is 3.41. The number of halogens is 2. The van der Waals surface area contributed by atoms with Crippen molar-refractivity contribution in [2.45, 2.75) is 13.5 Å². The smallest absolute Gasteiger partial charge is 0.0631 e. The lowest BCUT2D eigenvalue weighted by molar-refractivity contribution is 1.15. The van der Waals surface area contributed by atoms with Crippen LogP contribution in [0, 0.1) is 6.92 Å². The number of benzene rings is 2. The summed E-state index contributed by atoms with van der Waals surface area (Å²) in [6, 6.07) is 12.6. The summed E-state index contributed by atoms with van der Waals surface area (Å²) < 4.78 is 2.13. The third kappa shape index (κ3) is 3.11. The van der Waals surface area contributed by atoms with Gasteiger partial charge in [0, 0.05) is 33.3 Å². The SMILES string of the molecule is Cc1cc(Br)c(NCc2cccc3cnccc23)c(Br)c1. The molecule has 3 rings (SSSR count). The summed E-state index contributed by atoms with van der Waals surface area (Å²) in [5.41, 5.74) is 3.55. The second-order valence-electron chi connectivity index (χ2n) is 4.97. The minimum Gasteiger partial charge on any atom is -0.379 e. The zero-order valence-corrected chi connectivity index (χ0v) is 14.7. The molecule has 0 saturated heterocycles. The van der Waals surface area contributed by atoms with Crippen LogP contribution < -0.4 is 5.32 Å². The Hall–Kier alpha value is -1.39. The van der Waals surface area contributed by atoms with Gasteiger partial charge in [-0.3, -0.25) is 4.98 Å². The van der Waals surface area contributed by atoms with Gasteiger partial charge in [-0.1, -0.05) is 18.2 Å². The number of anilines is 1. The number of nitrogens with one attached hydrogen (secondary N) is 1. The molecule has 0 unspecified atom stereocenters. The van der Waals surface area contributed by atoms with E-state index >= 15 is 0 Å². The molecule has 4 heteroatoms. The maximum Gasteiger partial charge on any atom is 0.0631 e. The first-order chi connectivity index (χ1) is 10.1. The van der Waals surface area contributed by atoms with E-state index in [1.807, 2.05) is 12.4 Å². The van der Waals surface area contributed by atoms with Crippen molar-refractivity contribution in [1.29, 1.82) is 0 Å². The number of fused-ring (bicyclic) bond motifs is 1. The molecule has 0 radical (unpaired) electrons. The van der Waals surface area contributed by atoms with E-state index in [4.69, 9.17) is 0 Å². The van der Waals surface area contributed by atoms with Gasteiger partial charge in [0.25, 0.3) is 0 Å². The highest BCUT2D eigenvalue weighted by Crippen LogP contribution is 2.33. The molecule has 1 N–H and O–H groups in total. The maximum atomic E-state index is 4.17. The molecule has 0 aliphatic heterocycles. The average molecular weight is 406 g/mol. The average Bonchev–Trinajstić information content (AvgIpc) is 2.46. The van der Waals surface area contributed by atoms with Crippen LogP contribution in [0.5, 0.6) is 0 Å². The Morgan fingerprint density at radius 2 is 1.86 bits per heavy atom. The molecule has 0 atom stereocenters. The summed E-state index contributed by atoms with van der Waals surface area (Å²) in [6.45, 7) is 2.85. The predicted molar refractivity (Wildman–Crippen MR) is 95.6 cm³/mol. The van der Waals surface area contributed by atoms with Crippen LogP contribution in [0.4, 0.5) is 5.69 Å². The number of aryl methyl sites for hydroxylation is 1. The number of hydrogen-bond donors (Lipinski definition) is 1. The molecule has 21 heavy (non-hydrogen) atoms. The summed E-state index contributed by atoms with van der Waals surface area (Å²) in [4.78, 5) is 4.17. The molecular formula is C17H14Br2N2. The zero-order chi connectivity index (χ0) is 14.8. The topological polar surface area (TPSA) is 24.9 Å². The van der Waals surface area contributed by atoms with E-state index in [1.165, 1.54) is 21.9 Å². The largest absolute Gasteiger partial charge is 0.379 e. The van der Waals surface area contributed by atoms with Gasteiger partial charge >= 0.3 is 0 Å². The minimum atomic E-state index is 0.765. The van der Waals surface area contributed by atoms with Gasteiger partial charge in [-0.15, -0.1) is 0 Å². The molecule has 2 nitrogen and oxygen atoms in total. The van der Waals surface area contributed by atoms with Gasteiger partial charge in [-0.05, 0) is 73.5 Å². The second-order valence-corrected chi connectivity index (χ2v) is 6.68. The zero-order valence-electron chi connectivity index (χ0n) is 11.5. The predicted octanol–water partition coefficient (Wildman–Crippen LogP) is 5.68. The van der Waals surface area contributed by atoms with Crippen LogP contribution in [0.1, 0.15) is 11.1 Å². The number of hydrogen-bond acceptors (Lipinski definition) is 2. The van der Waals surface area contributed by atoms with Crippen LogP contribution in [0.25, 0.3) is 10.8 Å². The normalized spacial score (nSPS) is 10.8.